The summed E-state index contributed by atoms with van der Waals surface area (Å²) in [6.07, 6.45) is 1.82. The van der Waals surface area contributed by atoms with E-state index in [1.165, 1.54) is 18.2 Å². The lowest BCUT2D eigenvalue weighted by atomic mass is 9.82. The van der Waals surface area contributed by atoms with Gasteiger partial charge >= 0.3 is 0 Å². The molecule has 1 heterocycles. The third-order valence-corrected chi connectivity index (χ3v) is 3.67. The number of nitrogen functional groups attached to an aromatic ring is 1. The predicted octanol–water partition coefficient (Wildman–Crippen LogP) is 1.95. The molecular weight excluding hydrogens is 247 g/mol. The van der Waals surface area contributed by atoms with Crippen molar-refractivity contribution in [2.45, 2.75) is 19.8 Å². The summed E-state index contributed by atoms with van der Waals surface area (Å²) >= 11 is 0. The SMILES string of the molecule is CC1(CNC(=O)c2cccc(F)c2N)CCOCC1. The highest BCUT2D eigenvalue weighted by Crippen LogP contribution is 2.28. The smallest absolute Gasteiger partial charge is 0.253 e. The Hall–Kier alpha value is -1.62. The second-order valence-electron chi connectivity index (χ2n) is 5.31. The first-order chi connectivity index (χ1) is 9.02. The molecule has 0 spiro atoms. The molecule has 4 nitrogen and oxygen atoms in total. The minimum atomic E-state index is -0.565. The van der Waals surface area contributed by atoms with Gasteiger partial charge in [0, 0.05) is 19.8 Å². The van der Waals surface area contributed by atoms with Gasteiger partial charge in [-0.05, 0) is 30.4 Å². The predicted molar refractivity (Wildman–Crippen MR) is 71.3 cm³/mol. The van der Waals surface area contributed by atoms with E-state index in [2.05, 4.69) is 12.2 Å². The van der Waals surface area contributed by atoms with Gasteiger partial charge in [-0.2, -0.15) is 0 Å². The summed E-state index contributed by atoms with van der Waals surface area (Å²) in [5.74, 6) is -0.894. The van der Waals surface area contributed by atoms with E-state index in [0.29, 0.717) is 19.8 Å². The maximum atomic E-state index is 13.3. The van der Waals surface area contributed by atoms with Crippen molar-refractivity contribution in [2.24, 2.45) is 5.41 Å². The highest BCUT2D eigenvalue weighted by atomic mass is 19.1. The number of hydrogen-bond acceptors (Lipinski definition) is 3. The highest BCUT2D eigenvalue weighted by molar-refractivity contribution is 5.99. The summed E-state index contributed by atoms with van der Waals surface area (Å²) in [5, 5.41) is 2.84. The second kappa shape index (κ2) is 5.57. The van der Waals surface area contributed by atoms with Crippen molar-refractivity contribution in [1.29, 1.82) is 0 Å². The maximum absolute atomic E-state index is 13.3. The van der Waals surface area contributed by atoms with Crippen molar-refractivity contribution >= 4 is 11.6 Å². The van der Waals surface area contributed by atoms with Crippen molar-refractivity contribution in [3.8, 4) is 0 Å². The van der Waals surface area contributed by atoms with Crippen LogP contribution in [-0.4, -0.2) is 25.7 Å². The fraction of sp³-hybridized carbons (Fsp3) is 0.500. The first-order valence-corrected chi connectivity index (χ1v) is 6.42. The molecule has 1 aliphatic heterocycles. The summed E-state index contributed by atoms with van der Waals surface area (Å²) in [6, 6.07) is 4.25. The van der Waals surface area contributed by atoms with Gasteiger partial charge in [-0.1, -0.05) is 13.0 Å². The zero-order chi connectivity index (χ0) is 13.9. The van der Waals surface area contributed by atoms with Crippen molar-refractivity contribution in [3.05, 3.63) is 29.6 Å². The third-order valence-electron chi connectivity index (χ3n) is 3.67. The monoisotopic (exact) mass is 266 g/mol. The standard InChI is InChI=1S/C14H19FN2O2/c1-14(5-7-19-8-6-14)9-17-13(18)10-3-2-4-11(15)12(10)16/h2-4H,5-9,16H2,1H3,(H,17,18). The molecule has 3 N–H and O–H groups in total. The Morgan fingerprint density at radius 1 is 1.47 bits per heavy atom. The van der Waals surface area contributed by atoms with Crippen LogP contribution in [0.15, 0.2) is 18.2 Å². The molecule has 1 aliphatic rings. The van der Waals surface area contributed by atoms with Crippen LogP contribution in [0.4, 0.5) is 10.1 Å². The number of ether oxygens (including phenoxy) is 1. The average molecular weight is 266 g/mol. The molecule has 0 aromatic heterocycles. The molecular formula is C14H19FN2O2. The van der Waals surface area contributed by atoms with Gasteiger partial charge in [0.25, 0.3) is 5.91 Å². The van der Waals surface area contributed by atoms with E-state index >= 15 is 0 Å². The van der Waals surface area contributed by atoms with Gasteiger partial charge in [-0.15, -0.1) is 0 Å². The second-order valence-corrected chi connectivity index (χ2v) is 5.31. The Bertz CT molecular complexity index is 471. The fourth-order valence-corrected chi connectivity index (χ4v) is 2.16. The summed E-state index contributed by atoms with van der Waals surface area (Å²) in [6.45, 7) is 4.10. The van der Waals surface area contributed by atoms with Gasteiger partial charge in [0.2, 0.25) is 0 Å². The number of carbonyl (C=O) groups is 1. The molecule has 0 aliphatic carbocycles. The summed E-state index contributed by atoms with van der Waals surface area (Å²) < 4.78 is 18.6. The molecule has 1 aromatic rings. The van der Waals surface area contributed by atoms with Gasteiger partial charge < -0.3 is 15.8 Å². The molecule has 1 fully saturated rings. The highest BCUT2D eigenvalue weighted by Gasteiger charge is 2.28. The van der Waals surface area contributed by atoms with Crippen LogP contribution in [0, 0.1) is 11.2 Å². The number of rotatable bonds is 3. The number of hydrogen-bond donors (Lipinski definition) is 2. The van der Waals surface area contributed by atoms with Gasteiger partial charge in [-0.25, -0.2) is 4.39 Å². The first-order valence-electron chi connectivity index (χ1n) is 6.42. The number of amides is 1. The Morgan fingerprint density at radius 2 is 2.16 bits per heavy atom. The molecule has 1 aromatic carbocycles. The van der Waals surface area contributed by atoms with E-state index in [4.69, 9.17) is 10.5 Å². The summed E-state index contributed by atoms with van der Waals surface area (Å²) in [5.41, 5.74) is 5.70. The Balaban J connectivity index is 1.99. The van der Waals surface area contributed by atoms with Gasteiger partial charge in [-0.3, -0.25) is 4.79 Å². The molecule has 2 rings (SSSR count). The number of carbonyl (C=O) groups excluding carboxylic acids is 1. The molecule has 1 amide bonds. The van der Waals surface area contributed by atoms with E-state index in [9.17, 15) is 9.18 Å². The van der Waals surface area contributed by atoms with Crippen LogP contribution in [0.1, 0.15) is 30.1 Å². The molecule has 0 unspecified atom stereocenters. The lowest BCUT2D eigenvalue weighted by Gasteiger charge is -2.33. The third kappa shape index (κ3) is 3.23. The molecule has 0 atom stereocenters. The van der Waals surface area contributed by atoms with E-state index in [1.807, 2.05) is 0 Å². The molecule has 0 bridgehead atoms. The molecule has 19 heavy (non-hydrogen) atoms. The van der Waals surface area contributed by atoms with Gasteiger partial charge in [0.1, 0.15) is 5.82 Å². The van der Waals surface area contributed by atoms with E-state index in [0.717, 1.165) is 12.8 Å². The lowest BCUT2D eigenvalue weighted by molar-refractivity contribution is 0.0238. The minimum absolute atomic E-state index is 0.0377. The lowest BCUT2D eigenvalue weighted by Crippen LogP contribution is -2.39. The Kier molecular flexibility index (Phi) is 4.04. The maximum Gasteiger partial charge on any atom is 0.253 e. The molecule has 0 saturated carbocycles. The number of para-hydroxylation sites is 1. The largest absolute Gasteiger partial charge is 0.396 e. The average Bonchev–Trinajstić information content (AvgIpc) is 2.40. The number of halogens is 1. The number of nitrogens with two attached hydrogens (primary N) is 1. The van der Waals surface area contributed by atoms with Crippen molar-refractivity contribution in [1.82, 2.24) is 5.32 Å². The zero-order valence-corrected chi connectivity index (χ0v) is 11.0. The molecule has 0 radical (unpaired) electrons. The molecule has 5 heteroatoms. The number of benzene rings is 1. The number of anilines is 1. The Morgan fingerprint density at radius 3 is 2.84 bits per heavy atom. The normalized spacial score (nSPS) is 18.0. The van der Waals surface area contributed by atoms with Crippen LogP contribution < -0.4 is 11.1 Å². The summed E-state index contributed by atoms with van der Waals surface area (Å²) in [7, 11) is 0. The molecule has 104 valence electrons. The fourth-order valence-electron chi connectivity index (χ4n) is 2.16. The van der Waals surface area contributed by atoms with Crippen LogP contribution in [0.3, 0.4) is 0 Å². The van der Waals surface area contributed by atoms with Gasteiger partial charge in [0.15, 0.2) is 0 Å². The van der Waals surface area contributed by atoms with Crippen LogP contribution in [0.25, 0.3) is 0 Å². The quantitative estimate of drug-likeness (QED) is 0.822. The van der Waals surface area contributed by atoms with Crippen LogP contribution in [0.2, 0.25) is 0 Å². The van der Waals surface area contributed by atoms with E-state index in [-0.39, 0.29) is 22.6 Å². The van der Waals surface area contributed by atoms with E-state index in [1.54, 1.807) is 0 Å². The van der Waals surface area contributed by atoms with Crippen LogP contribution >= 0.6 is 0 Å². The van der Waals surface area contributed by atoms with Crippen LogP contribution in [0.5, 0.6) is 0 Å². The van der Waals surface area contributed by atoms with Crippen molar-refractivity contribution in [3.63, 3.8) is 0 Å². The summed E-state index contributed by atoms with van der Waals surface area (Å²) in [4.78, 5) is 12.0. The molecule has 1 saturated heterocycles. The van der Waals surface area contributed by atoms with Gasteiger partial charge in [0.05, 0.1) is 11.3 Å². The van der Waals surface area contributed by atoms with E-state index < -0.39 is 5.82 Å². The number of nitrogens with one attached hydrogen (secondary N) is 1. The minimum Gasteiger partial charge on any atom is -0.396 e. The van der Waals surface area contributed by atoms with Crippen molar-refractivity contribution in [2.75, 3.05) is 25.5 Å². The zero-order valence-electron chi connectivity index (χ0n) is 11.0. The van der Waals surface area contributed by atoms with Crippen molar-refractivity contribution < 1.29 is 13.9 Å². The topological polar surface area (TPSA) is 64.4 Å². The van der Waals surface area contributed by atoms with Crippen LogP contribution in [-0.2, 0) is 4.74 Å². The Labute approximate surface area is 112 Å². The first kappa shape index (κ1) is 13.8.